The fourth-order valence-corrected chi connectivity index (χ4v) is 3.98. The van der Waals surface area contributed by atoms with E-state index in [0.29, 0.717) is 11.6 Å². The Labute approximate surface area is 183 Å². The largest absolute Gasteiger partial charge is 0.468 e. The van der Waals surface area contributed by atoms with Gasteiger partial charge in [-0.05, 0) is 48.9 Å². The van der Waals surface area contributed by atoms with Crippen molar-refractivity contribution < 1.29 is 13.9 Å². The van der Waals surface area contributed by atoms with Crippen molar-refractivity contribution in [1.82, 2.24) is 9.13 Å². The Morgan fingerprint density at radius 3 is 2.55 bits per heavy atom. The van der Waals surface area contributed by atoms with Crippen molar-refractivity contribution in [3.63, 3.8) is 0 Å². The maximum absolute atomic E-state index is 13.2. The van der Waals surface area contributed by atoms with Crippen LogP contribution in [0.2, 0.25) is 5.02 Å². The number of halogens is 2. The summed E-state index contributed by atoms with van der Waals surface area (Å²) in [4.78, 5) is 24.4. The van der Waals surface area contributed by atoms with Gasteiger partial charge in [0.25, 0.3) is 5.56 Å². The van der Waals surface area contributed by atoms with Crippen LogP contribution < -0.4 is 5.56 Å². The van der Waals surface area contributed by atoms with Gasteiger partial charge in [-0.1, -0.05) is 23.7 Å². The molecule has 158 valence electrons. The molecule has 4 aromatic rings. The molecule has 0 aliphatic rings. The first-order valence-electron chi connectivity index (χ1n) is 9.68. The fraction of sp³-hybridized carbons (Fsp3) is 0.167. The van der Waals surface area contributed by atoms with Crippen molar-refractivity contribution in [1.29, 1.82) is 0 Å². The number of hydrogen-bond donors (Lipinski definition) is 0. The number of ether oxygens (including phenoxy) is 1. The highest BCUT2D eigenvalue weighted by Gasteiger charge is 2.18. The number of carbonyl (C=O) groups is 1. The summed E-state index contributed by atoms with van der Waals surface area (Å²) in [7, 11) is 1.35. The Bertz CT molecular complexity index is 1340. The van der Waals surface area contributed by atoms with Gasteiger partial charge >= 0.3 is 5.97 Å². The SMILES string of the molecule is COC(=O)Cn1c(C)c(-c2ccc(=O)n(Cc3ccc(F)cc3)c2)c2cc(Cl)ccc21. The van der Waals surface area contributed by atoms with E-state index in [-0.39, 0.29) is 23.9 Å². The summed E-state index contributed by atoms with van der Waals surface area (Å²) < 4.78 is 21.5. The van der Waals surface area contributed by atoms with E-state index < -0.39 is 0 Å². The van der Waals surface area contributed by atoms with E-state index in [0.717, 1.165) is 33.3 Å². The minimum absolute atomic E-state index is 0.0652. The second kappa shape index (κ2) is 8.40. The average molecular weight is 439 g/mol. The molecule has 2 heterocycles. The molecular formula is C24H20ClFN2O3. The van der Waals surface area contributed by atoms with Crippen molar-refractivity contribution >= 4 is 28.5 Å². The normalized spacial score (nSPS) is 11.1. The Balaban J connectivity index is 1.85. The molecule has 0 aliphatic heterocycles. The number of rotatable bonds is 5. The molecule has 0 radical (unpaired) electrons. The molecule has 5 nitrogen and oxygen atoms in total. The second-order valence-electron chi connectivity index (χ2n) is 7.29. The van der Waals surface area contributed by atoms with Crippen LogP contribution in [0.1, 0.15) is 11.3 Å². The van der Waals surface area contributed by atoms with E-state index in [1.54, 1.807) is 35.0 Å². The first-order chi connectivity index (χ1) is 14.9. The molecule has 0 atom stereocenters. The van der Waals surface area contributed by atoms with Crippen LogP contribution in [0.25, 0.3) is 22.0 Å². The third kappa shape index (κ3) is 4.11. The topological polar surface area (TPSA) is 53.2 Å². The number of benzene rings is 2. The van der Waals surface area contributed by atoms with Gasteiger partial charge in [0, 0.05) is 45.0 Å². The third-order valence-electron chi connectivity index (χ3n) is 5.34. The van der Waals surface area contributed by atoms with Crippen molar-refractivity contribution in [3.05, 3.63) is 93.2 Å². The van der Waals surface area contributed by atoms with Crippen LogP contribution in [0.3, 0.4) is 0 Å². The number of aromatic nitrogens is 2. The van der Waals surface area contributed by atoms with Gasteiger partial charge in [0.05, 0.1) is 13.7 Å². The van der Waals surface area contributed by atoms with Gasteiger partial charge < -0.3 is 13.9 Å². The fourth-order valence-electron chi connectivity index (χ4n) is 3.81. The van der Waals surface area contributed by atoms with Crippen LogP contribution in [-0.4, -0.2) is 22.2 Å². The zero-order valence-electron chi connectivity index (χ0n) is 17.1. The summed E-state index contributed by atoms with van der Waals surface area (Å²) in [5, 5.41) is 1.45. The van der Waals surface area contributed by atoms with Gasteiger partial charge in [0.15, 0.2) is 0 Å². The quantitative estimate of drug-likeness (QED) is 0.421. The second-order valence-corrected chi connectivity index (χ2v) is 7.73. The summed E-state index contributed by atoms with van der Waals surface area (Å²) >= 11 is 6.26. The average Bonchev–Trinajstić information content (AvgIpc) is 3.01. The Morgan fingerprint density at radius 1 is 1.10 bits per heavy atom. The zero-order chi connectivity index (χ0) is 22.1. The van der Waals surface area contributed by atoms with Crippen LogP contribution >= 0.6 is 11.6 Å². The monoisotopic (exact) mass is 438 g/mol. The van der Waals surface area contributed by atoms with E-state index in [9.17, 15) is 14.0 Å². The van der Waals surface area contributed by atoms with Crippen LogP contribution in [-0.2, 0) is 22.6 Å². The molecule has 0 N–H and O–H groups in total. The summed E-state index contributed by atoms with van der Waals surface area (Å²) in [5.41, 5.74) is 4.05. The predicted octanol–water partition coefficient (Wildman–Crippen LogP) is 4.79. The van der Waals surface area contributed by atoms with E-state index in [2.05, 4.69) is 0 Å². The van der Waals surface area contributed by atoms with Crippen LogP contribution in [0.4, 0.5) is 4.39 Å². The number of carbonyl (C=O) groups excluding carboxylic acids is 1. The van der Waals surface area contributed by atoms with E-state index in [4.69, 9.17) is 16.3 Å². The highest BCUT2D eigenvalue weighted by atomic mass is 35.5. The molecule has 7 heteroatoms. The van der Waals surface area contributed by atoms with Gasteiger partial charge in [0.2, 0.25) is 0 Å². The molecule has 4 rings (SSSR count). The third-order valence-corrected chi connectivity index (χ3v) is 5.57. The van der Waals surface area contributed by atoms with Crippen molar-refractivity contribution in [2.75, 3.05) is 7.11 Å². The van der Waals surface area contributed by atoms with Crippen molar-refractivity contribution in [2.24, 2.45) is 0 Å². The lowest BCUT2D eigenvalue weighted by Crippen LogP contribution is -2.19. The summed E-state index contributed by atoms with van der Waals surface area (Å²) in [5.74, 6) is -0.682. The molecule has 2 aromatic carbocycles. The van der Waals surface area contributed by atoms with E-state index in [1.807, 2.05) is 23.6 Å². The Kier molecular flexibility index (Phi) is 5.65. The van der Waals surface area contributed by atoms with Gasteiger partial charge in [0.1, 0.15) is 12.4 Å². The number of nitrogens with zero attached hydrogens (tertiary/aromatic N) is 2. The van der Waals surface area contributed by atoms with Crippen molar-refractivity contribution in [2.45, 2.75) is 20.0 Å². The molecule has 0 spiro atoms. The molecule has 0 bridgehead atoms. The van der Waals surface area contributed by atoms with Gasteiger partial charge in [-0.15, -0.1) is 0 Å². The Hall–Kier alpha value is -3.38. The minimum Gasteiger partial charge on any atom is -0.468 e. The predicted molar refractivity (Wildman–Crippen MR) is 119 cm³/mol. The molecule has 0 fully saturated rings. The maximum atomic E-state index is 13.2. The number of methoxy groups -OCH3 is 1. The molecule has 0 saturated heterocycles. The molecule has 2 aromatic heterocycles. The Morgan fingerprint density at radius 2 is 1.84 bits per heavy atom. The first-order valence-corrected chi connectivity index (χ1v) is 10.1. The standard InChI is InChI=1S/C24H20ClFN2O3/c1-15-24(20-11-18(25)6-9-21(20)28(15)14-23(30)31-2)17-5-10-22(29)27(13-17)12-16-3-7-19(26)8-4-16/h3-11,13H,12,14H2,1-2H3. The van der Waals surface area contributed by atoms with E-state index in [1.165, 1.54) is 25.3 Å². The van der Waals surface area contributed by atoms with Crippen LogP contribution in [0.15, 0.2) is 65.6 Å². The lowest BCUT2D eigenvalue weighted by Gasteiger charge is -2.10. The van der Waals surface area contributed by atoms with Gasteiger partial charge in [-0.25, -0.2) is 4.39 Å². The number of hydrogen-bond acceptors (Lipinski definition) is 3. The molecular weight excluding hydrogens is 419 g/mol. The molecule has 0 amide bonds. The molecule has 0 unspecified atom stereocenters. The first kappa shape index (κ1) is 20.9. The lowest BCUT2D eigenvalue weighted by atomic mass is 10.0. The van der Waals surface area contributed by atoms with Crippen LogP contribution in [0, 0.1) is 12.7 Å². The van der Waals surface area contributed by atoms with Gasteiger partial charge in [-0.2, -0.15) is 0 Å². The van der Waals surface area contributed by atoms with Crippen LogP contribution in [0.5, 0.6) is 0 Å². The smallest absolute Gasteiger partial charge is 0.325 e. The zero-order valence-corrected chi connectivity index (χ0v) is 17.8. The summed E-state index contributed by atoms with van der Waals surface area (Å²) in [6.45, 7) is 2.30. The van der Waals surface area contributed by atoms with Crippen molar-refractivity contribution in [3.8, 4) is 11.1 Å². The number of fused-ring (bicyclic) bond motifs is 1. The number of pyridine rings is 1. The van der Waals surface area contributed by atoms with E-state index >= 15 is 0 Å². The maximum Gasteiger partial charge on any atom is 0.325 e. The highest BCUT2D eigenvalue weighted by molar-refractivity contribution is 6.31. The summed E-state index contributed by atoms with van der Waals surface area (Å²) in [6, 6.07) is 14.8. The number of esters is 1. The van der Waals surface area contributed by atoms with Gasteiger partial charge in [-0.3, -0.25) is 9.59 Å². The minimum atomic E-state index is -0.359. The molecule has 31 heavy (non-hydrogen) atoms. The molecule has 0 saturated carbocycles. The lowest BCUT2D eigenvalue weighted by molar-refractivity contribution is -0.141. The summed E-state index contributed by atoms with van der Waals surface area (Å²) in [6.07, 6.45) is 1.77. The molecule has 0 aliphatic carbocycles. The highest BCUT2D eigenvalue weighted by Crippen LogP contribution is 2.35.